The summed E-state index contributed by atoms with van der Waals surface area (Å²) in [6.45, 7) is 4.11. The van der Waals surface area contributed by atoms with E-state index in [0.29, 0.717) is 12.6 Å². The Kier molecular flexibility index (Phi) is 4.38. The largest absolute Gasteiger partial charge is 0.313 e. The standard InChI is InChI=1S/C10H21NO2S/c1-3-14(12,13)9(2)8-11-10-6-4-5-7-10/h9-11H,3-8H2,1-2H3. The smallest absolute Gasteiger partial charge is 0.153 e. The fourth-order valence-electron chi connectivity index (χ4n) is 1.87. The summed E-state index contributed by atoms with van der Waals surface area (Å²) >= 11 is 0. The zero-order chi connectivity index (χ0) is 10.6. The van der Waals surface area contributed by atoms with Crippen molar-refractivity contribution in [1.29, 1.82) is 0 Å². The Bertz CT molecular complexity index is 255. The van der Waals surface area contributed by atoms with Gasteiger partial charge in [-0.25, -0.2) is 8.42 Å². The second-order valence-electron chi connectivity index (χ2n) is 4.15. The van der Waals surface area contributed by atoms with Crippen molar-refractivity contribution >= 4 is 9.84 Å². The SMILES string of the molecule is CCS(=O)(=O)C(C)CNC1CCCC1. The van der Waals surface area contributed by atoms with Crippen molar-refractivity contribution < 1.29 is 8.42 Å². The minimum absolute atomic E-state index is 0.242. The van der Waals surface area contributed by atoms with E-state index in [1.165, 1.54) is 25.7 Å². The second kappa shape index (κ2) is 5.12. The predicted molar refractivity (Wildman–Crippen MR) is 59.2 cm³/mol. The molecule has 0 saturated heterocycles. The monoisotopic (exact) mass is 219 g/mol. The summed E-state index contributed by atoms with van der Waals surface area (Å²) in [5, 5.41) is 3.10. The van der Waals surface area contributed by atoms with Gasteiger partial charge >= 0.3 is 0 Å². The van der Waals surface area contributed by atoms with Crippen LogP contribution in [-0.4, -0.2) is 32.0 Å². The summed E-state index contributed by atoms with van der Waals surface area (Å²) in [4.78, 5) is 0. The average Bonchev–Trinajstić information content (AvgIpc) is 2.66. The zero-order valence-corrected chi connectivity index (χ0v) is 9.94. The van der Waals surface area contributed by atoms with Gasteiger partial charge in [0.1, 0.15) is 0 Å². The third kappa shape index (κ3) is 3.24. The molecule has 0 amide bonds. The highest BCUT2D eigenvalue weighted by atomic mass is 32.2. The Morgan fingerprint density at radius 2 is 1.93 bits per heavy atom. The molecule has 1 atom stereocenters. The Morgan fingerprint density at radius 3 is 2.43 bits per heavy atom. The lowest BCUT2D eigenvalue weighted by Gasteiger charge is -2.16. The Labute approximate surface area is 87.2 Å². The van der Waals surface area contributed by atoms with E-state index < -0.39 is 9.84 Å². The third-order valence-corrected chi connectivity index (χ3v) is 5.26. The van der Waals surface area contributed by atoms with Crippen molar-refractivity contribution in [2.45, 2.75) is 50.8 Å². The van der Waals surface area contributed by atoms with Crippen LogP contribution in [0.25, 0.3) is 0 Å². The lowest BCUT2D eigenvalue weighted by atomic mass is 10.2. The van der Waals surface area contributed by atoms with Crippen molar-refractivity contribution in [2.24, 2.45) is 0 Å². The maximum Gasteiger partial charge on any atom is 0.153 e. The molecule has 1 fully saturated rings. The number of hydrogen-bond acceptors (Lipinski definition) is 3. The van der Waals surface area contributed by atoms with Crippen LogP contribution in [0.3, 0.4) is 0 Å². The van der Waals surface area contributed by atoms with Crippen molar-refractivity contribution in [3.8, 4) is 0 Å². The minimum atomic E-state index is -2.85. The quantitative estimate of drug-likeness (QED) is 0.759. The third-order valence-electron chi connectivity index (χ3n) is 3.06. The van der Waals surface area contributed by atoms with Gasteiger partial charge in [-0.15, -0.1) is 0 Å². The summed E-state index contributed by atoms with van der Waals surface area (Å²) in [7, 11) is -2.85. The highest BCUT2D eigenvalue weighted by Crippen LogP contribution is 2.17. The van der Waals surface area contributed by atoms with Gasteiger partial charge in [-0.05, 0) is 19.8 Å². The van der Waals surface area contributed by atoms with E-state index in [1.807, 2.05) is 0 Å². The van der Waals surface area contributed by atoms with Crippen molar-refractivity contribution in [3.05, 3.63) is 0 Å². The van der Waals surface area contributed by atoms with Crippen LogP contribution < -0.4 is 5.32 Å². The van der Waals surface area contributed by atoms with E-state index in [1.54, 1.807) is 13.8 Å². The van der Waals surface area contributed by atoms with Crippen LogP contribution in [0.5, 0.6) is 0 Å². The zero-order valence-electron chi connectivity index (χ0n) is 9.12. The van der Waals surface area contributed by atoms with E-state index in [-0.39, 0.29) is 11.0 Å². The Balaban J connectivity index is 2.30. The molecule has 0 heterocycles. The lowest BCUT2D eigenvalue weighted by Crippen LogP contribution is -2.36. The predicted octanol–water partition coefficient (Wildman–Crippen LogP) is 1.34. The van der Waals surface area contributed by atoms with E-state index in [2.05, 4.69) is 5.32 Å². The van der Waals surface area contributed by atoms with Gasteiger partial charge in [-0.3, -0.25) is 0 Å². The first kappa shape index (κ1) is 12.0. The van der Waals surface area contributed by atoms with Gasteiger partial charge < -0.3 is 5.32 Å². The maximum absolute atomic E-state index is 11.5. The summed E-state index contributed by atoms with van der Waals surface area (Å²) in [6.07, 6.45) is 4.98. The van der Waals surface area contributed by atoms with Crippen LogP contribution in [0.2, 0.25) is 0 Å². The average molecular weight is 219 g/mol. The number of hydrogen-bond donors (Lipinski definition) is 1. The van der Waals surface area contributed by atoms with Gasteiger partial charge in [0.25, 0.3) is 0 Å². The second-order valence-corrected chi connectivity index (χ2v) is 6.86. The number of sulfone groups is 1. The van der Waals surface area contributed by atoms with Crippen molar-refractivity contribution in [2.75, 3.05) is 12.3 Å². The van der Waals surface area contributed by atoms with E-state index in [9.17, 15) is 8.42 Å². The molecule has 1 aliphatic carbocycles. The van der Waals surface area contributed by atoms with Crippen LogP contribution in [0, 0.1) is 0 Å². The first-order chi connectivity index (χ1) is 6.56. The normalized spacial score (nSPS) is 21.3. The minimum Gasteiger partial charge on any atom is -0.313 e. The van der Waals surface area contributed by atoms with Crippen LogP contribution in [0.4, 0.5) is 0 Å². The molecule has 1 N–H and O–H groups in total. The highest BCUT2D eigenvalue weighted by Gasteiger charge is 2.21. The van der Waals surface area contributed by atoms with Gasteiger partial charge in [-0.2, -0.15) is 0 Å². The Hall–Kier alpha value is -0.0900. The Morgan fingerprint density at radius 1 is 1.36 bits per heavy atom. The molecule has 84 valence electrons. The van der Waals surface area contributed by atoms with Crippen LogP contribution in [0.1, 0.15) is 39.5 Å². The topological polar surface area (TPSA) is 46.2 Å². The van der Waals surface area contributed by atoms with E-state index >= 15 is 0 Å². The van der Waals surface area contributed by atoms with Gasteiger partial charge in [0.05, 0.1) is 5.25 Å². The van der Waals surface area contributed by atoms with Crippen molar-refractivity contribution in [1.82, 2.24) is 5.32 Å². The molecule has 0 aromatic heterocycles. The maximum atomic E-state index is 11.5. The van der Waals surface area contributed by atoms with E-state index in [0.717, 1.165) is 0 Å². The van der Waals surface area contributed by atoms with Crippen molar-refractivity contribution in [3.63, 3.8) is 0 Å². The number of nitrogens with one attached hydrogen (secondary N) is 1. The fraction of sp³-hybridized carbons (Fsp3) is 1.00. The molecule has 1 saturated carbocycles. The molecule has 0 spiro atoms. The molecule has 1 unspecified atom stereocenters. The molecule has 14 heavy (non-hydrogen) atoms. The first-order valence-electron chi connectivity index (χ1n) is 5.51. The summed E-state index contributed by atoms with van der Waals surface area (Å²) < 4.78 is 22.9. The first-order valence-corrected chi connectivity index (χ1v) is 7.22. The molecular weight excluding hydrogens is 198 g/mol. The van der Waals surface area contributed by atoms with Gasteiger partial charge in [0.15, 0.2) is 9.84 Å². The van der Waals surface area contributed by atoms with Crippen LogP contribution in [-0.2, 0) is 9.84 Å². The molecule has 0 radical (unpaired) electrons. The van der Waals surface area contributed by atoms with Crippen LogP contribution >= 0.6 is 0 Å². The molecule has 0 bridgehead atoms. The lowest BCUT2D eigenvalue weighted by molar-refractivity contribution is 0.513. The highest BCUT2D eigenvalue weighted by molar-refractivity contribution is 7.92. The number of rotatable bonds is 5. The van der Waals surface area contributed by atoms with Gasteiger partial charge in [-0.1, -0.05) is 19.8 Å². The molecule has 0 aromatic rings. The molecule has 3 nitrogen and oxygen atoms in total. The molecule has 0 aliphatic heterocycles. The van der Waals surface area contributed by atoms with Crippen LogP contribution in [0.15, 0.2) is 0 Å². The molecule has 1 rings (SSSR count). The molecule has 1 aliphatic rings. The molecule has 4 heteroatoms. The summed E-state index contributed by atoms with van der Waals surface area (Å²) in [5.74, 6) is 0.251. The van der Waals surface area contributed by atoms with Gasteiger partial charge in [0.2, 0.25) is 0 Å². The van der Waals surface area contributed by atoms with Gasteiger partial charge in [0, 0.05) is 18.3 Å². The summed E-state index contributed by atoms with van der Waals surface area (Å²) in [6, 6.07) is 0.560. The molecular formula is C10H21NO2S. The molecule has 0 aromatic carbocycles. The fourth-order valence-corrected chi connectivity index (χ4v) is 2.79. The summed E-state index contributed by atoms with van der Waals surface area (Å²) in [5.41, 5.74) is 0. The van der Waals surface area contributed by atoms with E-state index in [4.69, 9.17) is 0 Å².